The molecule has 2 heterocycles. The number of pyridine rings is 1. The van der Waals surface area contributed by atoms with Crippen LogP contribution in [-0.2, 0) is 17.9 Å². The molecule has 1 amide bonds. The Hall–Kier alpha value is -2.37. The molecule has 112 valence electrons. The molecule has 2 rings (SSSR count). The van der Waals surface area contributed by atoms with Gasteiger partial charge in [0.2, 0.25) is 11.8 Å². The predicted octanol–water partition coefficient (Wildman–Crippen LogP) is 1.61. The summed E-state index contributed by atoms with van der Waals surface area (Å²) in [4.78, 5) is 15.9. The third-order valence-electron chi connectivity index (χ3n) is 3.15. The number of rotatable bonds is 6. The first kappa shape index (κ1) is 15.0. The van der Waals surface area contributed by atoms with Gasteiger partial charge in [0.1, 0.15) is 0 Å². The fourth-order valence-electron chi connectivity index (χ4n) is 2.03. The van der Waals surface area contributed by atoms with E-state index in [1.165, 1.54) is 0 Å². The largest absolute Gasteiger partial charge is 0.481 e. The van der Waals surface area contributed by atoms with Crippen LogP contribution in [0, 0.1) is 13.8 Å². The van der Waals surface area contributed by atoms with Crippen LogP contribution in [-0.4, -0.2) is 27.8 Å². The van der Waals surface area contributed by atoms with E-state index in [4.69, 9.17) is 4.74 Å². The summed E-state index contributed by atoms with van der Waals surface area (Å²) in [5.41, 5.74) is 2.98. The van der Waals surface area contributed by atoms with Crippen LogP contribution in [0.3, 0.4) is 0 Å². The van der Waals surface area contributed by atoms with Crippen LogP contribution in [0.4, 0.5) is 0 Å². The Morgan fingerprint density at radius 2 is 2.19 bits per heavy atom. The number of aryl methyl sites for hydroxylation is 3. The van der Waals surface area contributed by atoms with Crippen molar-refractivity contribution in [1.29, 1.82) is 0 Å². The van der Waals surface area contributed by atoms with Gasteiger partial charge in [0.05, 0.1) is 12.8 Å². The number of ether oxygens (including phenoxy) is 1. The second-order valence-corrected chi connectivity index (χ2v) is 4.89. The topological polar surface area (TPSA) is 69.0 Å². The van der Waals surface area contributed by atoms with Crippen molar-refractivity contribution in [2.45, 2.75) is 33.4 Å². The minimum absolute atomic E-state index is 0.00151. The molecule has 0 fully saturated rings. The van der Waals surface area contributed by atoms with Gasteiger partial charge in [-0.15, -0.1) is 0 Å². The zero-order valence-electron chi connectivity index (χ0n) is 12.6. The summed E-state index contributed by atoms with van der Waals surface area (Å²) in [6, 6.07) is 5.66. The zero-order chi connectivity index (χ0) is 15.2. The van der Waals surface area contributed by atoms with E-state index in [0.717, 1.165) is 17.0 Å². The van der Waals surface area contributed by atoms with Crippen molar-refractivity contribution in [3.63, 3.8) is 0 Å². The van der Waals surface area contributed by atoms with Crippen LogP contribution in [0.15, 0.2) is 24.4 Å². The van der Waals surface area contributed by atoms with Gasteiger partial charge in [-0.3, -0.25) is 9.48 Å². The van der Waals surface area contributed by atoms with E-state index >= 15 is 0 Å². The Labute approximate surface area is 124 Å². The lowest BCUT2D eigenvalue weighted by Crippen LogP contribution is -2.24. The first-order chi connectivity index (χ1) is 10.1. The number of hydrogen-bond donors (Lipinski definition) is 1. The molecule has 21 heavy (non-hydrogen) atoms. The minimum Gasteiger partial charge on any atom is -0.481 e. The first-order valence-corrected chi connectivity index (χ1v) is 6.85. The number of nitrogens with zero attached hydrogens (tertiary/aromatic N) is 3. The van der Waals surface area contributed by atoms with Crippen LogP contribution in [0.2, 0.25) is 0 Å². The van der Waals surface area contributed by atoms with Crippen LogP contribution >= 0.6 is 0 Å². The van der Waals surface area contributed by atoms with Crippen molar-refractivity contribution in [3.05, 3.63) is 41.3 Å². The third kappa shape index (κ3) is 4.30. The Morgan fingerprint density at radius 1 is 1.38 bits per heavy atom. The number of methoxy groups -OCH3 is 1. The van der Waals surface area contributed by atoms with Gasteiger partial charge in [0.25, 0.3) is 0 Å². The average molecular weight is 288 g/mol. The number of carbonyl (C=O) groups is 1. The third-order valence-corrected chi connectivity index (χ3v) is 3.15. The standard InChI is InChI=1S/C15H20N4O2/c1-11-8-12(2)19(18-11)7-6-14(20)16-9-13-4-5-15(21-3)17-10-13/h4-5,8,10H,6-7,9H2,1-3H3,(H,16,20). The lowest BCUT2D eigenvalue weighted by Gasteiger charge is -2.07. The van der Waals surface area contributed by atoms with E-state index in [2.05, 4.69) is 15.4 Å². The van der Waals surface area contributed by atoms with Gasteiger partial charge in [-0.05, 0) is 25.5 Å². The summed E-state index contributed by atoms with van der Waals surface area (Å²) in [6.07, 6.45) is 2.10. The van der Waals surface area contributed by atoms with Crippen molar-refractivity contribution in [2.24, 2.45) is 0 Å². The molecule has 0 saturated carbocycles. The molecule has 0 saturated heterocycles. The number of carbonyl (C=O) groups excluding carboxylic acids is 1. The Morgan fingerprint density at radius 3 is 2.76 bits per heavy atom. The summed E-state index contributed by atoms with van der Waals surface area (Å²) in [5, 5.41) is 7.20. The molecule has 0 aliphatic rings. The molecule has 0 radical (unpaired) electrons. The molecule has 6 nitrogen and oxygen atoms in total. The number of hydrogen-bond acceptors (Lipinski definition) is 4. The van der Waals surface area contributed by atoms with Crippen molar-refractivity contribution in [2.75, 3.05) is 7.11 Å². The molecule has 0 bridgehead atoms. The van der Waals surface area contributed by atoms with Crippen LogP contribution < -0.4 is 10.1 Å². The lowest BCUT2D eigenvalue weighted by atomic mass is 10.3. The zero-order valence-corrected chi connectivity index (χ0v) is 12.6. The summed E-state index contributed by atoms with van der Waals surface area (Å²) in [7, 11) is 1.57. The van der Waals surface area contributed by atoms with Gasteiger partial charge in [-0.25, -0.2) is 4.98 Å². The maximum Gasteiger partial charge on any atom is 0.222 e. The van der Waals surface area contributed by atoms with Crippen molar-refractivity contribution in [3.8, 4) is 5.88 Å². The Kier molecular flexibility index (Phi) is 4.92. The van der Waals surface area contributed by atoms with Crippen LogP contribution in [0.1, 0.15) is 23.4 Å². The minimum atomic E-state index is -0.00151. The molecular weight excluding hydrogens is 268 g/mol. The van der Waals surface area contributed by atoms with E-state index in [1.807, 2.05) is 30.7 Å². The lowest BCUT2D eigenvalue weighted by molar-refractivity contribution is -0.121. The van der Waals surface area contributed by atoms with Crippen LogP contribution in [0.5, 0.6) is 5.88 Å². The summed E-state index contributed by atoms with van der Waals surface area (Å²) >= 11 is 0. The van der Waals surface area contributed by atoms with Gasteiger partial charge in [-0.1, -0.05) is 6.07 Å². The molecule has 0 unspecified atom stereocenters. The van der Waals surface area contributed by atoms with E-state index < -0.39 is 0 Å². The number of nitrogens with one attached hydrogen (secondary N) is 1. The summed E-state index contributed by atoms with van der Waals surface area (Å²) < 4.78 is 6.84. The van der Waals surface area contributed by atoms with Crippen molar-refractivity contribution < 1.29 is 9.53 Å². The Bertz CT molecular complexity index is 605. The normalized spacial score (nSPS) is 10.4. The SMILES string of the molecule is COc1ccc(CNC(=O)CCn2nc(C)cc2C)cn1. The molecule has 0 aliphatic carbocycles. The Balaban J connectivity index is 1.78. The molecule has 2 aromatic rings. The molecule has 0 aromatic carbocycles. The fraction of sp³-hybridized carbons (Fsp3) is 0.400. The van der Waals surface area contributed by atoms with E-state index in [0.29, 0.717) is 25.4 Å². The van der Waals surface area contributed by atoms with Crippen molar-refractivity contribution >= 4 is 5.91 Å². The molecular formula is C15H20N4O2. The fourth-order valence-corrected chi connectivity index (χ4v) is 2.03. The highest BCUT2D eigenvalue weighted by molar-refractivity contribution is 5.75. The number of aromatic nitrogens is 3. The van der Waals surface area contributed by atoms with E-state index in [-0.39, 0.29) is 5.91 Å². The highest BCUT2D eigenvalue weighted by Gasteiger charge is 2.05. The van der Waals surface area contributed by atoms with E-state index in [1.54, 1.807) is 19.4 Å². The highest BCUT2D eigenvalue weighted by atomic mass is 16.5. The molecule has 0 aliphatic heterocycles. The monoisotopic (exact) mass is 288 g/mol. The van der Waals surface area contributed by atoms with E-state index in [9.17, 15) is 4.79 Å². The second kappa shape index (κ2) is 6.88. The highest BCUT2D eigenvalue weighted by Crippen LogP contribution is 2.06. The first-order valence-electron chi connectivity index (χ1n) is 6.85. The van der Waals surface area contributed by atoms with Gasteiger partial charge in [-0.2, -0.15) is 5.10 Å². The maximum absolute atomic E-state index is 11.8. The van der Waals surface area contributed by atoms with Crippen LogP contribution in [0.25, 0.3) is 0 Å². The second-order valence-electron chi connectivity index (χ2n) is 4.89. The maximum atomic E-state index is 11.8. The molecule has 0 atom stereocenters. The summed E-state index contributed by atoms with van der Waals surface area (Å²) in [5.74, 6) is 0.563. The van der Waals surface area contributed by atoms with Gasteiger partial charge in [0.15, 0.2) is 0 Å². The predicted molar refractivity (Wildman–Crippen MR) is 79.0 cm³/mol. The van der Waals surface area contributed by atoms with Gasteiger partial charge in [0, 0.05) is 37.5 Å². The molecule has 0 spiro atoms. The molecule has 6 heteroatoms. The smallest absolute Gasteiger partial charge is 0.222 e. The quantitative estimate of drug-likeness (QED) is 0.877. The van der Waals surface area contributed by atoms with Gasteiger partial charge >= 0.3 is 0 Å². The number of amides is 1. The molecule has 2 aromatic heterocycles. The average Bonchev–Trinajstić information content (AvgIpc) is 2.81. The summed E-state index contributed by atoms with van der Waals surface area (Å²) in [6.45, 7) is 4.99. The van der Waals surface area contributed by atoms with Crippen molar-refractivity contribution in [1.82, 2.24) is 20.1 Å². The van der Waals surface area contributed by atoms with Gasteiger partial charge < -0.3 is 10.1 Å². The molecule has 1 N–H and O–H groups in total.